The zero-order valence-corrected chi connectivity index (χ0v) is 21.8. The van der Waals surface area contributed by atoms with Crippen LogP contribution in [-0.4, -0.2) is 51.4 Å². The minimum absolute atomic E-state index is 0.107. The van der Waals surface area contributed by atoms with E-state index in [-0.39, 0.29) is 24.5 Å². The summed E-state index contributed by atoms with van der Waals surface area (Å²) < 4.78 is 26.3. The molecule has 1 atom stereocenters. The number of methoxy groups -OCH3 is 1. The van der Waals surface area contributed by atoms with Crippen molar-refractivity contribution < 1.29 is 38.1 Å². The lowest BCUT2D eigenvalue weighted by molar-refractivity contribution is -0.149. The highest BCUT2D eigenvalue weighted by molar-refractivity contribution is 5.91. The predicted molar refractivity (Wildman–Crippen MR) is 141 cm³/mol. The van der Waals surface area contributed by atoms with Gasteiger partial charge >= 0.3 is 17.9 Å². The Balaban J connectivity index is 1.40. The first-order valence-corrected chi connectivity index (χ1v) is 12.4. The summed E-state index contributed by atoms with van der Waals surface area (Å²) in [6.45, 7) is 4.95. The summed E-state index contributed by atoms with van der Waals surface area (Å²) in [5.74, 6) is -0.188. The van der Waals surface area contributed by atoms with Crippen molar-refractivity contribution in [3.8, 4) is 22.6 Å². The third-order valence-corrected chi connectivity index (χ3v) is 5.78. The maximum atomic E-state index is 12.5. The van der Waals surface area contributed by atoms with Crippen molar-refractivity contribution in [2.75, 3.05) is 33.5 Å². The third-order valence-electron chi connectivity index (χ3n) is 5.78. The van der Waals surface area contributed by atoms with Gasteiger partial charge in [-0.1, -0.05) is 38.1 Å². The summed E-state index contributed by atoms with van der Waals surface area (Å²) in [5.41, 5.74) is 2.70. The zero-order chi connectivity index (χ0) is 27.3. The fourth-order valence-electron chi connectivity index (χ4n) is 3.32. The van der Waals surface area contributed by atoms with Gasteiger partial charge in [0.15, 0.2) is 0 Å². The normalized spacial score (nSPS) is 11.3. The van der Waals surface area contributed by atoms with Crippen LogP contribution < -0.4 is 9.47 Å². The molecule has 0 aromatic heterocycles. The van der Waals surface area contributed by atoms with Crippen LogP contribution in [0.5, 0.6) is 11.5 Å². The Bertz CT molecular complexity index is 1180. The van der Waals surface area contributed by atoms with Gasteiger partial charge in [-0.2, -0.15) is 0 Å². The average molecular weight is 521 g/mol. The molecule has 38 heavy (non-hydrogen) atoms. The Labute approximate surface area is 222 Å². The number of esters is 3. The van der Waals surface area contributed by atoms with Crippen molar-refractivity contribution in [2.45, 2.75) is 20.3 Å². The Kier molecular flexibility index (Phi) is 10.9. The first-order chi connectivity index (χ1) is 18.4. The molecule has 8 heteroatoms. The fourth-order valence-corrected chi connectivity index (χ4v) is 3.32. The third kappa shape index (κ3) is 8.45. The Morgan fingerprint density at radius 2 is 1.21 bits per heavy atom. The van der Waals surface area contributed by atoms with Crippen LogP contribution in [-0.2, 0) is 19.0 Å². The second kappa shape index (κ2) is 14.5. The van der Waals surface area contributed by atoms with Crippen molar-refractivity contribution in [1.82, 2.24) is 0 Å². The molecule has 0 spiro atoms. The summed E-state index contributed by atoms with van der Waals surface area (Å²) >= 11 is 0. The highest BCUT2D eigenvalue weighted by Crippen LogP contribution is 2.24. The van der Waals surface area contributed by atoms with E-state index in [4.69, 9.17) is 23.7 Å². The van der Waals surface area contributed by atoms with Crippen molar-refractivity contribution in [1.29, 1.82) is 0 Å². The van der Waals surface area contributed by atoms with Crippen molar-refractivity contribution in [3.63, 3.8) is 0 Å². The molecule has 0 heterocycles. The lowest BCUT2D eigenvalue weighted by atomic mass is 10.0. The Morgan fingerprint density at radius 3 is 1.82 bits per heavy atom. The Hall–Kier alpha value is -4.17. The minimum Gasteiger partial charge on any atom is -0.491 e. The summed E-state index contributed by atoms with van der Waals surface area (Å²) in [5, 5.41) is 0. The number of hydrogen-bond donors (Lipinski definition) is 0. The first kappa shape index (κ1) is 28.4. The molecule has 0 N–H and O–H groups in total. The number of ether oxygens (including phenoxy) is 5. The molecule has 0 radical (unpaired) electrons. The van der Waals surface area contributed by atoms with Gasteiger partial charge in [0.1, 0.15) is 24.7 Å². The van der Waals surface area contributed by atoms with Crippen molar-refractivity contribution in [3.05, 3.63) is 83.9 Å². The molecule has 8 nitrogen and oxygen atoms in total. The number of benzene rings is 3. The van der Waals surface area contributed by atoms with E-state index in [1.54, 1.807) is 48.5 Å². The van der Waals surface area contributed by atoms with Crippen molar-refractivity contribution >= 4 is 17.9 Å². The molecule has 0 saturated heterocycles. The van der Waals surface area contributed by atoms with E-state index in [2.05, 4.69) is 0 Å². The lowest BCUT2D eigenvalue weighted by Gasteiger charge is -2.10. The molecular weight excluding hydrogens is 488 g/mol. The van der Waals surface area contributed by atoms with Gasteiger partial charge in [-0.3, -0.25) is 4.79 Å². The van der Waals surface area contributed by atoms with Gasteiger partial charge < -0.3 is 23.7 Å². The van der Waals surface area contributed by atoms with E-state index in [1.807, 2.05) is 38.1 Å². The maximum Gasteiger partial charge on any atom is 0.343 e. The van der Waals surface area contributed by atoms with Gasteiger partial charge in [-0.05, 0) is 66.1 Å². The molecule has 0 bridgehead atoms. The van der Waals surface area contributed by atoms with E-state index in [0.717, 1.165) is 17.5 Å². The smallest absolute Gasteiger partial charge is 0.343 e. The SMILES string of the molecule is CCC(C)C(=O)OCCOCCOc1ccc(C(=O)Oc2ccc(-c3ccc(C(=O)OC)cc3)cc2)cc1. The topological polar surface area (TPSA) is 97.4 Å². The molecule has 3 rings (SSSR count). The van der Waals surface area contributed by atoms with Crippen LogP contribution in [0.25, 0.3) is 11.1 Å². The van der Waals surface area contributed by atoms with Gasteiger partial charge in [0, 0.05) is 0 Å². The standard InChI is InChI=1S/C30H32O8/c1-4-21(2)28(31)37-20-18-35-17-19-36-26-13-11-25(12-14-26)30(33)38-27-15-9-23(10-16-27)22-5-7-24(8-6-22)29(32)34-3/h5-16,21H,4,17-20H2,1-3H3. The van der Waals surface area contributed by atoms with Gasteiger partial charge in [0.05, 0.1) is 37.4 Å². The van der Waals surface area contributed by atoms with Crippen LogP contribution in [0.3, 0.4) is 0 Å². The van der Waals surface area contributed by atoms with Crippen LogP contribution >= 0.6 is 0 Å². The highest BCUT2D eigenvalue weighted by atomic mass is 16.6. The van der Waals surface area contributed by atoms with Gasteiger partial charge in [0.2, 0.25) is 0 Å². The fraction of sp³-hybridized carbons (Fsp3) is 0.300. The van der Waals surface area contributed by atoms with E-state index < -0.39 is 5.97 Å². The summed E-state index contributed by atoms with van der Waals surface area (Å²) in [6.07, 6.45) is 0.744. The molecule has 0 amide bonds. The number of hydrogen-bond acceptors (Lipinski definition) is 8. The molecule has 3 aromatic carbocycles. The second-order valence-corrected chi connectivity index (χ2v) is 8.44. The largest absolute Gasteiger partial charge is 0.491 e. The van der Waals surface area contributed by atoms with E-state index in [0.29, 0.717) is 42.4 Å². The van der Waals surface area contributed by atoms with Crippen LogP contribution in [0.2, 0.25) is 0 Å². The lowest BCUT2D eigenvalue weighted by Crippen LogP contribution is -2.18. The molecule has 0 aliphatic heterocycles. The Morgan fingerprint density at radius 1 is 0.684 bits per heavy atom. The van der Waals surface area contributed by atoms with Crippen LogP contribution in [0.4, 0.5) is 0 Å². The maximum absolute atomic E-state index is 12.5. The van der Waals surface area contributed by atoms with E-state index >= 15 is 0 Å². The minimum atomic E-state index is -0.484. The van der Waals surface area contributed by atoms with Gasteiger partial charge in [-0.15, -0.1) is 0 Å². The molecule has 0 aliphatic rings. The molecule has 200 valence electrons. The molecule has 3 aromatic rings. The monoisotopic (exact) mass is 520 g/mol. The summed E-state index contributed by atoms with van der Waals surface area (Å²) in [4.78, 5) is 35.7. The predicted octanol–water partition coefficient (Wildman–Crippen LogP) is 5.34. The second-order valence-electron chi connectivity index (χ2n) is 8.44. The molecule has 0 fully saturated rings. The highest BCUT2D eigenvalue weighted by Gasteiger charge is 2.12. The number of carbonyl (C=O) groups excluding carboxylic acids is 3. The van der Waals surface area contributed by atoms with E-state index in [1.165, 1.54) is 7.11 Å². The number of carbonyl (C=O) groups is 3. The van der Waals surface area contributed by atoms with Crippen LogP contribution in [0, 0.1) is 5.92 Å². The van der Waals surface area contributed by atoms with Crippen LogP contribution in [0.1, 0.15) is 41.0 Å². The molecule has 0 aliphatic carbocycles. The van der Waals surface area contributed by atoms with Crippen molar-refractivity contribution in [2.24, 2.45) is 5.92 Å². The number of rotatable bonds is 13. The summed E-state index contributed by atoms with van der Waals surface area (Å²) in [6, 6.07) is 20.8. The van der Waals surface area contributed by atoms with E-state index in [9.17, 15) is 14.4 Å². The summed E-state index contributed by atoms with van der Waals surface area (Å²) in [7, 11) is 1.34. The first-order valence-electron chi connectivity index (χ1n) is 12.4. The molecule has 0 saturated carbocycles. The quantitative estimate of drug-likeness (QED) is 0.169. The molecular formula is C30H32O8. The van der Waals surface area contributed by atoms with Crippen LogP contribution in [0.15, 0.2) is 72.8 Å². The average Bonchev–Trinajstić information content (AvgIpc) is 2.96. The molecule has 1 unspecified atom stereocenters. The van der Waals surface area contributed by atoms with Gasteiger partial charge in [-0.25, -0.2) is 9.59 Å². The zero-order valence-electron chi connectivity index (χ0n) is 21.8. The van der Waals surface area contributed by atoms with Gasteiger partial charge in [0.25, 0.3) is 0 Å².